The highest BCUT2D eigenvalue weighted by molar-refractivity contribution is 7.89. The Labute approximate surface area is 137 Å². The van der Waals surface area contributed by atoms with Gasteiger partial charge in [0.25, 0.3) is 0 Å². The first-order chi connectivity index (χ1) is 11.3. The van der Waals surface area contributed by atoms with Gasteiger partial charge in [0.15, 0.2) is 0 Å². The molecular formula is C16H13FN2O4S. The summed E-state index contributed by atoms with van der Waals surface area (Å²) < 4.78 is 41.8. The number of sulfonamides is 1. The lowest BCUT2D eigenvalue weighted by Crippen LogP contribution is -2.14. The van der Waals surface area contributed by atoms with Crippen molar-refractivity contribution < 1.29 is 22.3 Å². The number of ether oxygens (including phenoxy) is 1. The van der Waals surface area contributed by atoms with Crippen LogP contribution in [0.5, 0.6) is 0 Å². The number of cyclic esters (lactones) is 1. The predicted molar refractivity (Wildman–Crippen MR) is 84.5 cm³/mol. The van der Waals surface area contributed by atoms with E-state index >= 15 is 0 Å². The molecule has 1 aromatic heterocycles. The number of nitrogens with two attached hydrogens (primary N) is 1. The van der Waals surface area contributed by atoms with Gasteiger partial charge in [-0.1, -0.05) is 12.1 Å². The number of benzene rings is 1. The van der Waals surface area contributed by atoms with E-state index in [0.29, 0.717) is 28.0 Å². The molecule has 24 heavy (non-hydrogen) atoms. The van der Waals surface area contributed by atoms with Gasteiger partial charge < -0.3 is 4.74 Å². The molecule has 1 aromatic carbocycles. The lowest BCUT2D eigenvalue weighted by atomic mass is 9.96. The van der Waals surface area contributed by atoms with Crippen molar-refractivity contribution in [2.24, 2.45) is 5.14 Å². The monoisotopic (exact) mass is 348 g/mol. The first kappa shape index (κ1) is 16.3. The number of hydrogen-bond donors (Lipinski definition) is 1. The summed E-state index contributed by atoms with van der Waals surface area (Å²) in [5, 5.41) is 4.95. The molecule has 2 N–H and O–H groups in total. The van der Waals surface area contributed by atoms with Crippen LogP contribution in [0.1, 0.15) is 16.8 Å². The molecule has 0 fully saturated rings. The molecule has 1 aliphatic rings. The van der Waals surface area contributed by atoms with E-state index in [2.05, 4.69) is 4.98 Å². The van der Waals surface area contributed by atoms with Gasteiger partial charge in [-0.2, -0.15) is 0 Å². The van der Waals surface area contributed by atoms with E-state index in [4.69, 9.17) is 9.88 Å². The van der Waals surface area contributed by atoms with E-state index < -0.39 is 26.7 Å². The highest BCUT2D eigenvalue weighted by atomic mass is 32.2. The van der Waals surface area contributed by atoms with Crippen LogP contribution in [-0.2, 0) is 19.6 Å². The minimum Gasteiger partial charge on any atom is -0.457 e. The van der Waals surface area contributed by atoms with Gasteiger partial charge in [-0.25, -0.2) is 22.7 Å². The number of rotatable bonds is 3. The van der Waals surface area contributed by atoms with Crippen molar-refractivity contribution in [2.75, 3.05) is 6.61 Å². The first-order valence-electron chi connectivity index (χ1n) is 6.94. The molecule has 0 atom stereocenters. The maximum Gasteiger partial charge on any atom is 0.339 e. The topological polar surface area (TPSA) is 99.3 Å². The molecule has 3 rings (SSSR count). The first-order valence-corrected chi connectivity index (χ1v) is 8.48. The van der Waals surface area contributed by atoms with Gasteiger partial charge in [0.2, 0.25) is 10.0 Å². The second-order valence-corrected chi connectivity index (χ2v) is 6.79. The van der Waals surface area contributed by atoms with E-state index in [1.807, 2.05) is 0 Å². The number of esters is 1. The van der Waals surface area contributed by atoms with Crippen LogP contribution in [0, 0.1) is 12.7 Å². The van der Waals surface area contributed by atoms with Gasteiger partial charge in [0, 0.05) is 23.0 Å². The molecule has 124 valence electrons. The van der Waals surface area contributed by atoms with Crippen LogP contribution in [0.4, 0.5) is 4.39 Å². The summed E-state index contributed by atoms with van der Waals surface area (Å²) in [6.45, 7) is 1.72. The molecular weight excluding hydrogens is 335 g/mol. The van der Waals surface area contributed by atoms with Crippen molar-refractivity contribution in [3.8, 4) is 0 Å². The normalized spacial score (nSPS) is 14.9. The molecule has 0 saturated carbocycles. The molecule has 0 bridgehead atoms. The maximum atomic E-state index is 14.1. The number of hydrogen-bond acceptors (Lipinski definition) is 5. The molecule has 0 spiro atoms. The molecule has 2 heterocycles. The van der Waals surface area contributed by atoms with Gasteiger partial charge in [0.1, 0.15) is 17.3 Å². The smallest absolute Gasteiger partial charge is 0.339 e. The van der Waals surface area contributed by atoms with Crippen molar-refractivity contribution in [3.05, 3.63) is 59.2 Å². The average molecular weight is 348 g/mol. The van der Waals surface area contributed by atoms with Crippen LogP contribution in [0.3, 0.4) is 0 Å². The molecule has 0 radical (unpaired) electrons. The zero-order valence-electron chi connectivity index (χ0n) is 12.6. The van der Waals surface area contributed by atoms with Crippen LogP contribution in [0.25, 0.3) is 11.1 Å². The number of pyridine rings is 1. The van der Waals surface area contributed by atoms with Crippen LogP contribution in [0.2, 0.25) is 0 Å². The van der Waals surface area contributed by atoms with E-state index in [1.54, 1.807) is 25.3 Å². The molecule has 1 aliphatic heterocycles. The zero-order valence-corrected chi connectivity index (χ0v) is 13.4. The number of primary sulfonamides is 1. The van der Waals surface area contributed by atoms with Gasteiger partial charge in [-0.3, -0.25) is 4.98 Å². The Morgan fingerprint density at radius 3 is 2.67 bits per heavy atom. The fourth-order valence-electron chi connectivity index (χ4n) is 2.57. The third kappa shape index (κ3) is 2.81. The van der Waals surface area contributed by atoms with Crippen molar-refractivity contribution in [2.45, 2.75) is 11.8 Å². The summed E-state index contributed by atoms with van der Waals surface area (Å²) in [4.78, 5) is 15.6. The molecule has 0 unspecified atom stereocenters. The average Bonchev–Trinajstić information content (AvgIpc) is 2.88. The summed E-state index contributed by atoms with van der Waals surface area (Å²) in [7, 11) is -4.16. The Balaban J connectivity index is 2.18. The Hall–Kier alpha value is -2.58. The third-order valence-electron chi connectivity index (χ3n) is 3.72. The maximum absolute atomic E-state index is 14.1. The summed E-state index contributed by atoms with van der Waals surface area (Å²) in [5.41, 5.74) is 2.33. The van der Waals surface area contributed by atoms with Crippen molar-refractivity contribution >= 4 is 27.1 Å². The minimum atomic E-state index is -4.16. The summed E-state index contributed by atoms with van der Waals surface area (Å²) in [6.07, 6.45) is 1.60. The highest BCUT2D eigenvalue weighted by Crippen LogP contribution is 2.34. The Morgan fingerprint density at radius 2 is 2.04 bits per heavy atom. The number of nitrogens with zero attached hydrogens (tertiary/aromatic N) is 1. The van der Waals surface area contributed by atoms with E-state index in [1.165, 1.54) is 6.07 Å². The number of aryl methyl sites for hydroxylation is 1. The van der Waals surface area contributed by atoms with E-state index in [9.17, 15) is 17.6 Å². The lowest BCUT2D eigenvalue weighted by molar-refractivity contribution is -0.133. The van der Waals surface area contributed by atoms with E-state index in [-0.39, 0.29) is 6.61 Å². The number of halogens is 1. The Bertz CT molecular complexity index is 983. The van der Waals surface area contributed by atoms with Crippen LogP contribution >= 0.6 is 0 Å². The molecule has 0 saturated heterocycles. The third-order valence-corrected chi connectivity index (χ3v) is 4.66. The molecule has 2 aromatic rings. The molecule has 0 amide bonds. The summed E-state index contributed by atoms with van der Waals surface area (Å²) in [6, 6.07) is 6.90. The van der Waals surface area contributed by atoms with Gasteiger partial charge in [0.05, 0.1) is 5.57 Å². The number of carbonyl (C=O) groups is 1. The second kappa shape index (κ2) is 5.81. The van der Waals surface area contributed by atoms with Gasteiger partial charge in [-0.15, -0.1) is 0 Å². The number of carbonyl (C=O) groups excluding carboxylic acids is 1. The fourth-order valence-corrected chi connectivity index (χ4v) is 3.16. The second-order valence-electron chi connectivity index (χ2n) is 5.26. The Morgan fingerprint density at radius 1 is 1.29 bits per heavy atom. The zero-order chi connectivity index (χ0) is 17.5. The summed E-state index contributed by atoms with van der Waals surface area (Å²) >= 11 is 0. The number of aromatic nitrogens is 1. The van der Waals surface area contributed by atoms with Gasteiger partial charge >= 0.3 is 5.97 Å². The van der Waals surface area contributed by atoms with Crippen LogP contribution < -0.4 is 5.14 Å². The highest BCUT2D eigenvalue weighted by Gasteiger charge is 2.29. The predicted octanol–water partition coefficient (Wildman–Crippen LogP) is 1.64. The fraction of sp³-hybridized carbons (Fsp3) is 0.125. The Kier molecular flexibility index (Phi) is 3.94. The van der Waals surface area contributed by atoms with Gasteiger partial charge in [-0.05, 0) is 30.7 Å². The van der Waals surface area contributed by atoms with Crippen molar-refractivity contribution in [1.82, 2.24) is 4.98 Å². The van der Waals surface area contributed by atoms with Crippen LogP contribution in [-0.4, -0.2) is 26.0 Å². The standard InChI is InChI=1S/C16H13FN2O4S/c1-9-11(3-2-6-19-9)15-12(8-23-16(15)20)10-4-5-14(13(17)7-10)24(18,21)22/h2-7H,8H2,1H3,(H2,18,21,22). The summed E-state index contributed by atoms with van der Waals surface area (Å²) in [5.74, 6) is -1.51. The molecule has 8 heteroatoms. The largest absolute Gasteiger partial charge is 0.457 e. The van der Waals surface area contributed by atoms with E-state index in [0.717, 1.165) is 12.1 Å². The molecule has 0 aliphatic carbocycles. The van der Waals surface area contributed by atoms with Crippen LogP contribution in [0.15, 0.2) is 41.4 Å². The lowest BCUT2D eigenvalue weighted by Gasteiger charge is -2.08. The molecule has 6 nitrogen and oxygen atoms in total. The van der Waals surface area contributed by atoms with Crippen molar-refractivity contribution in [3.63, 3.8) is 0 Å². The SMILES string of the molecule is Cc1ncccc1C1=C(c2ccc(S(N)(=O)=O)c(F)c2)COC1=O. The minimum absolute atomic E-state index is 0.0311. The van der Waals surface area contributed by atoms with Crippen molar-refractivity contribution in [1.29, 1.82) is 0 Å². The quantitative estimate of drug-likeness (QED) is 0.850.